The van der Waals surface area contributed by atoms with Crippen LogP contribution in [0.25, 0.3) is 22.4 Å². The third-order valence-corrected chi connectivity index (χ3v) is 7.73. The zero-order chi connectivity index (χ0) is 23.7. The smallest absolute Gasteiger partial charge is 0.267 e. The summed E-state index contributed by atoms with van der Waals surface area (Å²) in [5.74, 6) is 1.02. The van der Waals surface area contributed by atoms with Gasteiger partial charge in [0.1, 0.15) is 0 Å². The molecule has 2 aromatic carbocycles. The van der Waals surface area contributed by atoms with Crippen molar-refractivity contribution in [2.75, 3.05) is 6.54 Å². The molecule has 4 aromatic rings. The lowest BCUT2D eigenvalue weighted by Crippen LogP contribution is -2.35. The minimum Gasteiger partial charge on any atom is -0.355 e. The molecule has 0 aliphatic heterocycles. The maximum absolute atomic E-state index is 13.5. The number of rotatable bonds is 6. The van der Waals surface area contributed by atoms with Crippen molar-refractivity contribution >= 4 is 34.3 Å². The van der Waals surface area contributed by atoms with Gasteiger partial charge in [0.05, 0.1) is 21.8 Å². The second-order valence-corrected chi connectivity index (χ2v) is 10.4. The quantitative estimate of drug-likeness (QED) is 0.415. The summed E-state index contributed by atoms with van der Waals surface area (Å²) in [5.41, 5.74) is 2.33. The Labute approximate surface area is 202 Å². The first-order chi connectivity index (χ1) is 16.5. The maximum atomic E-state index is 13.5. The zero-order valence-electron chi connectivity index (χ0n) is 19.5. The van der Waals surface area contributed by atoms with Crippen LogP contribution in [0.15, 0.2) is 58.5 Å². The van der Waals surface area contributed by atoms with Gasteiger partial charge in [0.25, 0.3) is 5.56 Å². The van der Waals surface area contributed by atoms with Gasteiger partial charge in [0.2, 0.25) is 11.7 Å². The van der Waals surface area contributed by atoms with Crippen LogP contribution in [0.1, 0.15) is 44.6 Å². The zero-order valence-corrected chi connectivity index (χ0v) is 20.3. The number of hydrogen-bond donors (Lipinski definition) is 1. The van der Waals surface area contributed by atoms with E-state index >= 15 is 0 Å². The summed E-state index contributed by atoms with van der Waals surface area (Å²) in [7, 11) is 0. The summed E-state index contributed by atoms with van der Waals surface area (Å²) in [6.07, 6.45) is 6.20. The summed E-state index contributed by atoms with van der Waals surface area (Å²) in [6, 6.07) is 15.2. The number of nitrogens with zero attached hydrogens (tertiary/aromatic N) is 4. The van der Waals surface area contributed by atoms with Crippen LogP contribution in [-0.4, -0.2) is 36.9 Å². The number of aromatic nitrogens is 4. The molecule has 1 fully saturated rings. The largest absolute Gasteiger partial charge is 0.355 e. The molecule has 1 aliphatic rings. The molecule has 34 heavy (non-hydrogen) atoms. The predicted octanol–water partition coefficient (Wildman–Crippen LogP) is 4.52. The number of carbonyl (C=O) groups excluding carboxylic acids is 1. The van der Waals surface area contributed by atoms with E-state index in [-0.39, 0.29) is 16.7 Å². The number of carbonyl (C=O) groups is 1. The molecule has 1 amide bonds. The normalized spacial score (nSPS) is 15.6. The lowest BCUT2D eigenvalue weighted by molar-refractivity contribution is -0.120. The molecule has 8 heteroatoms. The van der Waals surface area contributed by atoms with Crippen LogP contribution < -0.4 is 10.9 Å². The summed E-state index contributed by atoms with van der Waals surface area (Å²) in [6.45, 7) is 4.60. The van der Waals surface area contributed by atoms with Gasteiger partial charge in [0, 0.05) is 6.54 Å². The minimum absolute atomic E-state index is 0.00357. The molecule has 0 saturated heterocycles. The lowest BCUT2D eigenvalue weighted by Gasteiger charge is -2.22. The fourth-order valence-corrected chi connectivity index (χ4v) is 5.66. The van der Waals surface area contributed by atoms with Gasteiger partial charge in [-0.3, -0.25) is 14.0 Å². The summed E-state index contributed by atoms with van der Waals surface area (Å²) >= 11 is 1.37. The Kier molecular flexibility index (Phi) is 6.41. The van der Waals surface area contributed by atoms with Crippen LogP contribution in [-0.2, 0) is 4.79 Å². The molecule has 0 radical (unpaired) electrons. The van der Waals surface area contributed by atoms with Gasteiger partial charge in [-0.2, -0.15) is 0 Å². The molecule has 1 atom stereocenters. The number of fused-ring (bicyclic) bond motifs is 3. The average molecular weight is 476 g/mol. The summed E-state index contributed by atoms with van der Waals surface area (Å²) in [4.78, 5) is 26.3. The molecule has 2 heterocycles. The number of benzene rings is 2. The Morgan fingerprint density at radius 3 is 2.62 bits per heavy atom. The fraction of sp³-hybridized carbons (Fsp3) is 0.385. The Hall–Kier alpha value is -3.13. The number of nitrogens with one attached hydrogen (secondary N) is 1. The van der Waals surface area contributed by atoms with Crippen LogP contribution in [0.3, 0.4) is 0 Å². The Morgan fingerprint density at radius 2 is 1.82 bits per heavy atom. The standard InChI is InChI=1S/C26H29N5O2S/c1-17-10-6-8-14-21(17)30-24(33)20-13-7-9-15-22(20)31-25(30)28-29-26(31)34-18(2)23(32)27-16-19-11-4-3-5-12-19/h6-10,13-15,18-19H,3-5,11-12,16H2,1-2H3,(H,27,32). The van der Waals surface area contributed by atoms with Gasteiger partial charge in [-0.15, -0.1) is 10.2 Å². The van der Waals surface area contributed by atoms with Crippen LogP contribution in [0.2, 0.25) is 0 Å². The van der Waals surface area contributed by atoms with Gasteiger partial charge in [0.15, 0.2) is 5.16 Å². The van der Waals surface area contributed by atoms with Crippen molar-refractivity contribution < 1.29 is 4.79 Å². The highest BCUT2D eigenvalue weighted by Gasteiger charge is 2.23. The van der Waals surface area contributed by atoms with Gasteiger partial charge < -0.3 is 5.32 Å². The van der Waals surface area contributed by atoms with Crippen molar-refractivity contribution in [2.45, 2.75) is 56.4 Å². The number of aryl methyl sites for hydroxylation is 1. The molecule has 1 N–H and O–H groups in total. The molecule has 1 unspecified atom stereocenters. The molecule has 0 spiro atoms. The molecule has 176 valence electrons. The maximum Gasteiger partial charge on any atom is 0.267 e. The number of thioether (sulfide) groups is 1. The van der Waals surface area contributed by atoms with Crippen molar-refractivity contribution in [3.05, 3.63) is 64.4 Å². The first kappa shape index (κ1) is 22.7. The van der Waals surface area contributed by atoms with Crippen molar-refractivity contribution in [3.63, 3.8) is 0 Å². The predicted molar refractivity (Wildman–Crippen MR) is 136 cm³/mol. The number of hydrogen-bond acceptors (Lipinski definition) is 5. The molecule has 0 bridgehead atoms. The highest BCUT2D eigenvalue weighted by molar-refractivity contribution is 8.00. The second-order valence-electron chi connectivity index (χ2n) is 9.07. The number of amides is 1. The molecular weight excluding hydrogens is 446 g/mol. The molecule has 5 rings (SSSR count). The van der Waals surface area contributed by atoms with Crippen LogP contribution in [0, 0.1) is 12.8 Å². The highest BCUT2D eigenvalue weighted by Crippen LogP contribution is 2.27. The number of para-hydroxylation sites is 2. The third kappa shape index (κ3) is 4.22. The van der Waals surface area contributed by atoms with E-state index in [4.69, 9.17) is 0 Å². The monoisotopic (exact) mass is 475 g/mol. The van der Waals surface area contributed by atoms with Crippen LogP contribution >= 0.6 is 11.8 Å². The first-order valence-corrected chi connectivity index (χ1v) is 12.8. The SMILES string of the molecule is Cc1ccccc1-n1c(=O)c2ccccc2n2c(SC(C)C(=O)NCC3CCCCC3)nnc12. The molecule has 7 nitrogen and oxygen atoms in total. The Bertz CT molecular complexity index is 1400. The van der Waals surface area contributed by atoms with E-state index in [9.17, 15) is 9.59 Å². The fourth-order valence-electron chi connectivity index (χ4n) is 4.78. The van der Waals surface area contributed by atoms with Gasteiger partial charge >= 0.3 is 0 Å². The van der Waals surface area contributed by atoms with Crippen molar-refractivity contribution in [3.8, 4) is 5.69 Å². The topological polar surface area (TPSA) is 81.3 Å². The van der Waals surface area contributed by atoms with E-state index in [2.05, 4.69) is 15.5 Å². The van der Waals surface area contributed by atoms with Crippen molar-refractivity contribution in [1.82, 2.24) is 24.5 Å². The molecule has 1 saturated carbocycles. The van der Waals surface area contributed by atoms with E-state index in [1.807, 2.05) is 66.8 Å². The third-order valence-electron chi connectivity index (χ3n) is 6.69. The van der Waals surface area contributed by atoms with Crippen molar-refractivity contribution in [2.24, 2.45) is 5.92 Å². The van der Waals surface area contributed by atoms with Gasteiger partial charge in [-0.25, -0.2) is 4.57 Å². The first-order valence-electron chi connectivity index (χ1n) is 11.9. The Morgan fingerprint density at radius 1 is 1.09 bits per heavy atom. The van der Waals surface area contributed by atoms with E-state index < -0.39 is 0 Å². The summed E-state index contributed by atoms with van der Waals surface area (Å²) < 4.78 is 3.50. The highest BCUT2D eigenvalue weighted by atomic mass is 32.2. The lowest BCUT2D eigenvalue weighted by atomic mass is 9.89. The summed E-state index contributed by atoms with van der Waals surface area (Å²) in [5, 5.41) is 12.8. The minimum atomic E-state index is -0.339. The van der Waals surface area contributed by atoms with E-state index in [0.29, 0.717) is 22.2 Å². The van der Waals surface area contributed by atoms with Crippen molar-refractivity contribution in [1.29, 1.82) is 0 Å². The van der Waals surface area contributed by atoms with Gasteiger partial charge in [-0.1, -0.05) is 61.4 Å². The van der Waals surface area contributed by atoms with E-state index in [1.54, 1.807) is 4.57 Å². The Balaban J connectivity index is 1.51. The average Bonchev–Trinajstić information content (AvgIpc) is 3.27. The van der Waals surface area contributed by atoms with Crippen LogP contribution in [0.5, 0.6) is 0 Å². The van der Waals surface area contributed by atoms with Crippen LogP contribution in [0.4, 0.5) is 0 Å². The molecule has 2 aromatic heterocycles. The van der Waals surface area contributed by atoms with E-state index in [1.165, 1.54) is 43.9 Å². The van der Waals surface area contributed by atoms with Gasteiger partial charge in [-0.05, 0) is 56.4 Å². The second kappa shape index (κ2) is 9.62. The molecular formula is C26H29N5O2S. The van der Waals surface area contributed by atoms with E-state index in [0.717, 1.165) is 23.3 Å². The molecule has 1 aliphatic carbocycles.